The summed E-state index contributed by atoms with van der Waals surface area (Å²) in [5.74, 6) is 0.0290. The normalized spacial score (nSPS) is 27.6. The van der Waals surface area contributed by atoms with Gasteiger partial charge in [-0.3, -0.25) is 0 Å². The van der Waals surface area contributed by atoms with Crippen molar-refractivity contribution in [2.24, 2.45) is 0 Å². The number of carbonyl (C=O) groups excluding carboxylic acids is 1. The van der Waals surface area contributed by atoms with E-state index in [2.05, 4.69) is 27.8 Å². The van der Waals surface area contributed by atoms with Gasteiger partial charge in [-0.25, -0.2) is 13.2 Å². The maximum atomic E-state index is 11.8. The van der Waals surface area contributed by atoms with E-state index in [4.69, 9.17) is 0 Å². The lowest BCUT2D eigenvalue weighted by atomic mass is 10.2. The van der Waals surface area contributed by atoms with Gasteiger partial charge >= 0.3 is 6.03 Å². The number of urea groups is 1. The van der Waals surface area contributed by atoms with E-state index in [0.29, 0.717) is 11.0 Å². The Hall–Kier alpha value is -0.560. The maximum Gasteiger partial charge on any atom is 0.317 e. The molecule has 1 aliphatic rings. The van der Waals surface area contributed by atoms with Crippen LogP contribution in [-0.2, 0) is 9.84 Å². The van der Waals surface area contributed by atoms with Crippen molar-refractivity contribution >= 4 is 31.8 Å². The smallest absolute Gasteiger partial charge is 0.317 e. The molecule has 7 heteroatoms. The van der Waals surface area contributed by atoms with Gasteiger partial charge in [-0.15, -0.1) is 0 Å². The fourth-order valence-electron chi connectivity index (χ4n) is 1.73. The number of nitrogens with one attached hydrogen (secondary N) is 1. The van der Waals surface area contributed by atoms with Gasteiger partial charge in [-0.05, 0) is 13.8 Å². The van der Waals surface area contributed by atoms with Crippen LogP contribution in [-0.4, -0.2) is 49.5 Å². The highest BCUT2D eigenvalue weighted by atomic mass is 79.9. The number of rotatable bonds is 2. The number of hydrogen-bond donors (Lipinski definition) is 1. The molecule has 0 aromatic heterocycles. The van der Waals surface area contributed by atoms with Crippen LogP contribution < -0.4 is 5.32 Å². The summed E-state index contributed by atoms with van der Waals surface area (Å²) in [6.07, 6.45) is 0. The van der Waals surface area contributed by atoms with Crippen LogP contribution in [0.1, 0.15) is 13.8 Å². The number of carbonyl (C=O) groups is 1. The SMILES string of the molecule is C=C(Br)CNC(=O)N1CCS(=O)(=O)[C@H](C)[C@H]1C. The topological polar surface area (TPSA) is 66.5 Å². The molecule has 2 amide bonds. The van der Waals surface area contributed by atoms with Crippen LogP contribution in [0, 0.1) is 0 Å². The molecule has 0 radical (unpaired) electrons. The summed E-state index contributed by atoms with van der Waals surface area (Å²) in [7, 11) is -3.06. The van der Waals surface area contributed by atoms with Crippen LogP contribution in [0.25, 0.3) is 0 Å². The van der Waals surface area contributed by atoms with Crippen LogP contribution >= 0.6 is 15.9 Å². The van der Waals surface area contributed by atoms with Crippen molar-refractivity contribution in [3.05, 3.63) is 11.1 Å². The van der Waals surface area contributed by atoms with E-state index in [1.54, 1.807) is 18.7 Å². The summed E-state index contributed by atoms with van der Waals surface area (Å²) in [5, 5.41) is 2.16. The zero-order valence-corrected chi connectivity index (χ0v) is 12.3. The average molecular weight is 325 g/mol. The first-order chi connectivity index (χ1) is 7.75. The molecule has 17 heavy (non-hydrogen) atoms. The quantitative estimate of drug-likeness (QED) is 0.827. The summed E-state index contributed by atoms with van der Waals surface area (Å²) in [6, 6.07) is -0.558. The van der Waals surface area contributed by atoms with Crippen LogP contribution in [0.15, 0.2) is 11.1 Å². The monoisotopic (exact) mass is 324 g/mol. The van der Waals surface area contributed by atoms with E-state index >= 15 is 0 Å². The highest BCUT2D eigenvalue weighted by molar-refractivity contribution is 9.11. The highest BCUT2D eigenvalue weighted by Crippen LogP contribution is 2.19. The van der Waals surface area contributed by atoms with E-state index < -0.39 is 15.1 Å². The minimum Gasteiger partial charge on any atom is -0.333 e. The number of amides is 2. The van der Waals surface area contributed by atoms with Crippen LogP contribution in [0.2, 0.25) is 0 Å². The van der Waals surface area contributed by atoms with E-state index in [1.165, 1.54) is 0 Å². The van der Waals surface area contributed by atoms with E-state index in [1.807, 2.05) is 0 Å². The molecule has 1 rings (SSSR count). The van der Waals surface area contributed by atoms with Crippen molar-refractivity contribution in [3.8, 4) is 0 Å². The molecular formula is C10H17BrN2O3S. The molecule has 0 aromatic rings. The summed E-state index contributed by atoms with van der Waals surface area (Å²) >= 11 is 3.15. The van der Waals surface area contributed by atoms with Gasteiger partial charge in [0.2, 0.25) is 0 Å². The molecule has 1 heterocycles. The molecule has 2 atom stereocenters. The van der Waals surface area contributed by atoms with E-state index in [-0.39, 0.29) is 24.4 Å². The van der Waals surface area contributed by atoms with Crippen molar-refractivity contribution in [1.82, 2.24) is 10.2 Å². The van der Waals surface area contributed by atoms with E-state index in [0.717, 1.165) is 0 Å². The second-order valence-electron chi connectivity index (χ2n) is 4.18. The second kappa shape index (κ2) is 5.39. The van der Waals surface area contributed by atoms with Crippen molar-refractivity contribution < 1.29 is 13.2 Å². The van der Waals surface area contributed by atoms with Crippen LogP contribution in [0.3, 0.4) is 0 Å². The van der Waals surface area contributed by atoms with Gasteiger partial charge in [0.15, 0.2) is 9.84 Å². The van der Waals surface area contributed by atoms with Gasteiger partial charge in [0.1, 0.15) is 0 Å². The van der Waals surface area contributed by atoms with Gasteiger partial charge in [-0.1, -0.05) is 22.5 Å². The zero-order chi connectivity index (χ0) is 13.2. The lowest BCUT2D eigenvalue weighted by Crippen LogP contribution is -2.56. The lowest BCUT2D eigenvalue weighted by molar-refractivity contribution is 0.179. The maximum absolute atomic E-state index is 11.8. The predicted molar refractivity (Wildman–Crippen MR) is 70.9 cm³/mol. The number of halogens is 1. The lowest BCUT2D eigenvalue weighted by Gasteiger charge is -2.37. The molecule has 0 spiro atoms. The van der Waals surface area contributed by atoms with Gasteiger partial charge in [0.05, 0.1) is 17.5 Å². The number of sulfone groups is 1. The molecule has 5 nitrogen and oxygen atoms in total. The Morgan fingerprint density at radius 2 is 2.12 bits per heavy atom. The summed E-state index contributed by atoms with van der Waals surface area (Å²) in [6.45, 7) is 7.59. The molecule has 98 valence electrons. The summed E-state index contributed by atoms with van der Waals surface area (Å²) in [5.41, 5.74) is 0. The minimum absolute atomic E-state index is 0.0290. The molecule has 1 saturated heterocycles. The van der Waals surface area contributed by atoms with Gasteiger partial charge < -0.3 is 10.2 Å². The minimum atomic E-state index is -3.06. The van der Waals surface area contributed by atoms with Crippen molar-refractivity contribution in [2.45, 2.75) is 25.1 Å². The molecule has 0 saturated carbocycles. The fourth-order valence-corrected chi connectivity index (χ4v) is 3.44. The van der Waals surface area contributed by atoms with Crippen molar-refractivity contribution in [2.75, 3.05) is 18.8 Å². The standard InChI is InChI=1S/C10H17BrN2O3S/c1-7(11)6-12-10(14)13-4-5-17(15,16)9(3)8(13)2/h8-9H,1,4-6H2,2-3H3,(H,12,14)/t8-,9-/m1/s1. The molecule has 0 bridgehead atoms. The highest BCUT2D eigenvalue weighted by Gasteiger charge is 2.37. The molecule has 0 aromatic carbocycles. The third-order valence-corrected chi connectivity index (χ3v) is 5.61. The first kappa shape index (κ1) is 14.5. The first-order valence-electron chi connectivity index (χ1n) is 5.35. The average Bonchev–Trinajstić information content (AvgIpc) is 2.23. The van der Waals surface area contributed by atoms with E-state index in [9.17, 15) is 13.2 Å². The molecule has 0 unspecified atom stereocenters. The number of nitrogens with zero attached hydrogens (tertiary/aromatic N) is 1. The van der Waals surface area contributed by atoms with Gasteiger partial charge in [0.25, 0.3) is 0 Å². The first-order valence-corrected chi connectivity index (χ1v) is 7.86. The Morgan fingerprint density at radius 3 is 2.65 bits per heavy atom. The van der Waals surface area contributed by atoms with Crippen molar-refractivity contribution in [3.63, 3.8) is 0 Å². The third-order valence-electron chi connectivity index (χ3n) is 3.05. The van der Waals surface area contributed by atoms with Gasteiger partial charge in [-0.2, -0.15) is 0 Å². The molecule has 1 fully saturated rings. The molecular weight excluding hydrogens is 308 g/mol. The van der Waals surface area contributed by atoms with Crippen molar-refractivity contribution in [1.29, 1.82) is 0 Å². The molecule has 1 aliphatic heterocycles. The van der Waals surface area contributed by atoms with Crippen LogP contribution in [0.5, 0.6) is 0 Å². The Balaban J connectivity index is 2.68. The molecule has 1 N–H and O–H groups in total. The summed E-state index contributed by atoms with van der Waals surface area (Å²) in [4.78, 5) is 13.4. The Morgan fingerprint density at radius 1 is 1.53 bits per heavy atom. The zero-order valence-electron chi connectivity index (χ0n) is 9.94. The largest absolute Gasteiger partial charge is 0.333 e. The third kappa shape index (κ3) is 3.45. The number of hydrogen-bond acceptors (Lipinski definition) is 3. The Kier molecular flexibility index (Phi) is 4.60. The Bertz CT molecular complexity index is 421. The predicted octanol–water partition coefficient (Wildman–Crippen LogP) is 1.11. The van der Waals surface area contributed by atoms with Gasteiger partial charge in [0, 0.05) is 17.1 Å². The molecule has 0 aliphatic carbocycles. The summed E-state index contributed by atoms with van der Waals surface area (Å²) < 4.78 is 24.0. The Labute approximate surface area is 110 Å². The fraction of sp³-hybridized carbons (Fsp3) is 0.700. The van der Waals surface area contributed by atoms with Crippen LogP contribution in [0.4, 0.5) is 4.79 Å². The second-order valence-corrected chi connectivity index (χ2v) is 7.78.